The van der Waals surface area contributed by atoms with Crippen LogP contribution in [0, 0.1) is 24.1 Å². The summed E-state index contributed by atoms with van der Waals surface area (Å²) < 4.78 is 32.3. The summed E-state index contributed by atoms with van der Waals surface area (Å²) in [5.74, 6) is 1.13. The van der Waals surface area contributed by atoms with Gasteiger partial charge in [-0.05, 0) is 55.5 Å². The molecule has 33 heavy (non-hydrogen) atoms. The number of nitriles is 1. The predicted molar refractivity (Wildman–Crippen MR) is 117 cm³/mol. The number of allylic oxidation sites excluding steroid dienone is 1. The third-order valence-electron chi connectivity index (χ3n) is 5.39. The summed E-state index contributed by atoms with van der Waals surface area (Å²) in [5.41, 5.74) is 8.60. The SMILES string of the molecule is Cc1nn(-c2ccccc2)c2c1C(c1ccc(COc3ccc(F)cc3)o1)C(C#N)=C(N)O2. The van der Waals surface area contributed by atoms with Gasteiger partial charge in [-0.1, -0.05) is 18.2 Å². The van der Waals surface area contributed by atoms with Crippen LogP contribution in [0.3, 0.4) is 0 Å². The van der Waals surface area contributed by atoms with Crippen molar-refractivity contribution in [3.8, 4) is 23.4 Å². The van der Waals surface area contributed by atoms with E-state index in [0.717, 1.165) is 5.69 Å². The smallest absolute Gasteiger partial charge is 0.229 e. The molecule has 0 fully saturated rings. The Morgan fingerprint density at radius 2 is 1.88 bits per heavy atom. The third kappa shape index (κ3) is 3.70. The number of nitrogens with two attached hydrogens (primary N) is 1. The Bertz CT molecular complexity index is 1380. The van der Waals surface area contributed by atoms with Gasteiger partial charge in [0.15, 0.2) is 0 Å². The number of hydrogen-bond acceptors (Lipinski definition) is 6. The van der Waals surface area contributed by atoms with Crippen molar-refractivity contribution in [2.75, 3.05) is 0 Å². The lowest BCUT2D eigenvalue weighted by Gasteiger charge is -2.23. The summed E-state index contributed by atoms with van der Waals surface area (Å²) in [4.78, 5) is 0. The Kier molecular flexibility index (Phi) is 5.07. The molecule has 2 N–H and O–H groups in total. The molecule has 0 saturated heterocycles. The summed E-state index contributed by atoms with van der Waals surface area (Å²) in [6, 6.07) is 21.0. The van der Waals surface area contributed by atoms with Crippen LogP contribution in [0.4, 0.5) is 4.39 Å². The van der Waals surface area contributed by atoms with Gasteiger partial charge < -0.3 is 19.6 Å². The van der Waals surface area contributed by atoms with Gasteiger partial charge in [-0.15, -0.1) is 0 Å². The number of furan rings is 1. The maximum absolute atomic E-state index is 13.1. The van der Waals surface area contributed by atoms with Gasteiger partial charge in [-0.2, -0.15) is 10.4 Å². The van der Waals surface area contributed by atoms with Crippen LogP contribution in [0.5, 0.6) is 11.6 Å². The van der Waals surface area contributed by atoms with Gasteiger partial charge in [0.2, 0.25) is 11.8 Å². The van der Waals surface area contributed by atoms with Crippen molar-refractivity contribution in [3.63, 3.8) is 0 Å². The van der Waals surface area contributed by atoms with Gasteiger partial charge in [0.1, 0.15) is 41.3 Å². The van der Waals surface area contributed by atoms with E-state index in [0.29, 0.717) is 34.4 Å². The molecule has 0 saturated carbocycles. The minimum absolute atomic E-state index is 0.00703. The number of aryl methyl sites for hydroxylation is 1. The molecule has 8 heteroatoms. The Hall–Kier alpha value is -4.51. The average molecular weight is 442 g/mol. The Balaban J connectivity index is 1.50. The maximum atomic E-state index is 13.1. The van der Waals surface area contributed by atoms with Crippen LogP contribution in [0.1, 0.15) is 28.7 Å². The second-order valence-corrected chi connectivity index (χ2v) is 7.52. The van der Waals surface area contributed by atoms with Gasteiger partial charge in [0.05, 0.1) is 22.9 Å². The molecule has 1 aliphatic heterocycles. The largest absolute Gasteiger partial charge is 0.486 e. The lowest BCUT2D eigenvalue weighted by molar-refractivity contribution is 0.264. The van der Waals surface area contributed by atoms with E-state index < -0.39 is 5.92 Å². The molecule has 2 aromatic heterocycles. The fourth-order valence-electron chi connectivity index (χ4n) is 3.86. The standard InChI is InChI=1S/C25H19FN4O3/c1-15-22-23(21-12-11-19(32-21)14-31-18-9-7-16(26)8-10-18)20(13-27)24(28)33-25(22)30(29-15)17-5-3-2-4-6-17/h2-12,23H,14,28H2,1H3. The first-order chi connectivity index (χ1) is 16.0. The number of fused-ring (bicyclic) bond motifs is 1. The minimum Gasteiger partial charge on any atom is -0.486 e. The van der Waals surface area contributed by atoms with Gasteiger partial charge in [0.25, 0.3) is 0 Å². The number of halogens is 1. The molecule has 1 atom stereocenters. The summed E-state index contributed by atoms with van der Waals surface area (Å²) in [6.45, 7) is 2.00. The molecule has 1 unspecified atom stereocenters. The van der Waals surface area contributed by atoms with Crippen LogP contribution in [0.15, 0.2) is 82.6 Å². The van der Waals surface area contributed by atoms with Gasteiger partial charge in [0, 0.05) is 0 Å². The van der Waals surface area contributed by atoms with Crippen LogP contribution in [-0.4, -0.2) is 9.78 Å². The van der Waals surface area contributed by atoms with E-state index >= 15 is 0 Å². The van der Waals surface area contributed by atoms with E-state index in [9.17, 15) is 9.65 Å². The Morgan fingerprint density at radius 3 is 2.61 bits per heavy atom. The number of nitrogens with zero attached hydrogens (tertiary/aromatic N) is 3. The molecule has 0 radical (unpaired) electrons. The first kappa shape index (κ1) is 20.4. The van der Waals surface area contributed by atoms with Crippen LogP contribution >= 0.6 is 0 Å². The molecular weight excluding hydrogens is 423 g/mol. The molecular formula is C25H19FN4O3. The monoisotopic (exact) mass is 442 g/mol. The van der Waals surface area contributed by atoms with E-state index in [1.54, 1.807) is 28.9 Å². The van der Waals surface area contributed by atoms with Gasteiger partial charge >= 0.3 is 0 Å². The molecule has 2 aromatic carbocycles. The van der Waals surface area contributed by atoms with Crippen molar-refractivity contribution < 1.29 is 18.3 Å². The average Bonchev–Trinajstić information content (AvgIpc) is 3.43. The minimum atomic E-state index is -0.573. The van der Waals surface area contributed by atoms with Crippen molar-refractivity contribution in [2.24, 2.45) is 5.73 Å². The van der Waals surface area contributed by atoms with E-state index in [-0.39, 0.29) is 23.9 Å². The highest BCUT2D eigenvalue weighted by molar-refractivity contribution is 5.55. The highest BCUT2D eigenvalue weighted by Gasteiger charge is 2.38. The van der Waals surface area contributed by atoms with Crippen LogP contribution in [-0.2, 0) is 6.61 Å². The molecule has 1 aliphatic rings. The Morgan fingerprint density at radius 1 is 1.12 bits per heavy atom. The second-order valence-electron chi connectivity index (χ2n) is 7.52. The molecule has 0 amide bonds. The van der Waals surface area contributed by atoms with Crippen LogP contribution in [0.2, 0.25) is 0 Å². The second kappa shape index (κ2) is 8.20. The van der Waals surface area contributed by atoms with Crippen molar-refractivity contribution in [2.45, 2.75) is 19.4 Å². The lowest BCUT2D eigenvalue weighted by atomic mass is 9.88. The van der Waals surface area contributed by atoms with Crippen LogP contribution < -0.4 is 15.2 Å². The first-order valence-electron chi connectivity index (χ1n) is 10.2. The zero-order chi connectivity index (χ0) is 22.9. The van der Waals surface area contributed by atoms with E-state index in [1.165, 1.54) is 12.1 Å². The summed E-state index contributed by atoms with van der Waals surface area (Å²) >= 11 is 0. The van der Waals surface area contributed by atoms with Crippen molar-refractivity contribution in [1.29, 1.82) is 5.26 Å². The van der Waals surface area contributed by atoms with Crippen LogP contribution in [0.25, 0.3) is 5.69 Å². The van der Waals surface area contributed by atoms with Crippen molar-refractivity contribution >= 4 is 0 Å². The molecule has 0 aliphatic carbocycles. The first-order valence-corrected chi connectivity index (χ1v) is 10.2. The van der Waals surface area contributed by atoms with E-state index in [1.807, 2.05) is 37.3 Å². The fourth-order valence-corrected chi connectivity index (χ4v) is 3.86. The zero-order valence-corrected chi connectivity index (χ0v) is 17.7. The van der Waals surface area contributed by atoms with Crippen molar-refractivity contribution in [3.05, 3.63) is 107 Å². The number of para-hydroxylation sites is 1. The third-order valence-corrected chi connectivity index (χ3v) is 5.39. The molecule has 5 rings (SSSR count). The number of aromatic nitrogens is 2. The van der Waals surface area contributed by atoms with Gasteiger partial charge in [-0.25, -0.2) is 9.07 Å². The topological polar surface area (TPSA) is 99.2 Å². The lowest BCUT2D eigenvalue weighted by Crippen LogP contribution is -2.21. The zero-order valence-electron chi connectivity index (χ0n) is 17.7. The van der Waals surface area contributed by atoms with Crippen molar-refractivity contribution in [1.82, 2.24) is 9.78 Å². The Labute approximate surface area is 189 Å². The highest BCUT2D eigenvalue weighted by Crippen LogP contribution is 2.45. The summed E-state index contributed by atoms with van der Waals surface area (Å²) in [6.07, 6.45) is 0. The number of ether oxygens (including phenoxy) is 2. The molecule has 164 valence electrons. The quantitative estimate of drug-likeness (QED) is 0.481. The predicted octanol–water partition coefficient (Wildman–Crippen LogP) is 4.71. The number of rotatable bonds is 5. The molecule has 0 spiro atoms. The normalized spacial score (nSPS) is 15.0. The number of hydrogen-bond donors (Lipinski definition) is 1. The summed E-state index contributed by atoms with van der Waals surface area (Å²) in [7, 11) is 0. The fraction of sp³-hybridized carbons (Fsp3) is 0.120. The molecule has 7 nitrogen and oxygen atoms in total. The molecule has 3 heterocycles. The molecule has 4 aromatic rings. The van der Waals surface area contributed by atoms with Gasteiger partial charge in [-0.3, -0.25) is 0 Å². The molecule has 0 bridgehead atoms. The summed E-state index contributed by atoms with van der Waals surface area (Å²) in [5, 5.41) is 14.5. The van der Waals surface area contributed by atoms with E-state index in [2.05, 4.69) is 11.2 Å². The number of benzene rings is 2. The highest BCUT2D eigenvalue weighted by atomic mass is 19.1. The van der Waals surface area contributed by atoms with E-state index in [4.69, 9.17) is 19.6 Å². The maximum Gasteiger partial charge on any atom is 0.229 e.